The van der Waals surface area contributed by atoms with Crippen molar-refractivity contribution < 1.29 is 4.74 Å². The minimum atomic E-state index is 0.318. The molecule has 0 spiro atoms. The molecule has 1 heterocycles. The summed E-state index contributed by atoms with van der Waals surface area (Å²) in [6.07, 6.45) is 5.34. The lowest BCUT2D eigenvalue weighted by Gasteiger charge is -2.29. The zero-order valence-corrected chi connectivity index (χ0v) is 6.89. The van der Waals surface area contributed by atoms with Crippen molar-refractivity contribution in [1.82, 2.24) is 5.32 Å². The Balaban J connectivity index is 2.25. The van der Waals surface area contributed by atoms with Gasteiger partial charge in [0.15, 0.2) is 0 Å². The topological polar surface area (TPSA) is 21.3 Å². The summed E-state index contributed by atoms with van der Waals surface area (Å²) in [5.41, 5.74) is 0. The molecule has 1 fully saturated rings. The highest BCUT2D eigenvalue weighted by Gasteiger charge is 2.18. The summed E-state index contributed by atoms with van der Waals surface area (Å²) < 4.78 is 5.21. The second-order valence-electron chi connectivity index (χ2n) is 2.93. The molecule has 10 heavy (non-hydrogen) atoms. The van der Waals surface area contributed by atoms with Crippen molar-refractivity contribution >= 4 is 0 Å². The van der Waals surface area contributed by atoms with Gasteiger partial charge in [-0.25, -0.2) is 0 Å². The van der Waals surface area contributed by atoms with Crippen molar-refractivity contribution in [3.8, 4) is 0 Å². The maximum absolute atomic E-state index is 5.21. The second-order valence-corrected chi connectivity index (χ2v) is 2.93. The third-order valence-electron chi connectivity index (χ3n) is 2.22. The van der Waals surface area contributed by atoms with E-state index in [1.165, 1.54) is 25.7 Å². The number of rotatable bonds is 2. The van der Waals surface area contributed by atoms with E-state index in [-0.39, 0.29) is 0 Å². The molecule has 0 aromatic rings. The highest BCUT2D eigenvalue weighted by atomic mass is 16.5. The molecule has 1 rings (SSSR count). The maximum Gasteiger partial charge on any atom is 0.107 e. The maximum atomic E-state index is 5.21. The Hall–Kier alpha value is -0.0800. The van der Waals surface area contributed by atoms with Gasteiger partial charge in [-0.2, -0.15) is 0 Å². The van der Waals surface area contributed by atoms with E-state index in [9.17, 15) is 0 Å². The van der Waals surface area contributed by atoms with Crippen LogP contribution in [0.1, 0.15) is 32.6 Å². The largest absolute Gasteiger partial charge is 0.367 e. The van der Waals surface area contributed by atoms with Crippen molar-refractivity contribution in [1.29, 1.82) is 0 Å². The van der Waals surface area contributed by atoms with Crippen LogP contribution in [-0.2, 0) is 4.74 Å². The Morgan fingerprint density at radius 2 is 2.30 bits per heavy atom. The Bertz CT molecular complexity index is 85.3. The average Bonchev–Trinajstić information content (AvgIpc) is 2.05. The van der Waals surface area contributed by atoms with Gasteiger partial charge in [0, 0.05) is 13.2 Å². The lowest BCUT2D eigenvalue weighted by Crippen LogP contribution is -2.42. The van der Waals surface area contributed by atoms with Crippen molar-refractivity contribution in [2.45, 2.75) is 44.9 Å². The fourth-order valence-corrected chi connectivity index (χ4v) is 1.49. The van der Waals surface area contributed by atoms with Gasteiger partial charge in [-0.05, 0) is 25.7 Å². The van der Waals surface area contributed by atoms with Gasteiger partial charge in [0.05, 0.1) is 0 Å². The van der Waals surface area contributed by atoms with Crippen LogP contribution in [0.3, 0.4) is 0 Å². The number of nitrogens with one attached hydrogen (secondary N) is 1. The summed E-state index contributed by atoms with van der Waals surface area (Å²) >= 11 is 0. The Morgan fingerprint density at radius 1 is 1.50 bits per heavy atom. The number of piperidine rings is 1. The van der Waals surface area contributed by atoms with Crippen molar-refractivity contribution in [3.05, 3.63) is 0 Å². The van der Waals surface area contributed by atoms with Crippen LogP contribution in [0.25, 0.3) is 0 Å². The van der Waals surface area contributed by atoms with Gasteiger partial charge in [0.2, 0.25) is 0 Å². The number of methoxy groups -OCH3 is 1. The molecule has 0 radical (unpaired) electrons. The van der Waals surface area contributed by atoms with E-state index in [0.717, 1.165) is 0 Å². The molecule has 1 aliphatic heterocycles. The van der Waals surface area contributed by atoms with Crippen molar-refractivity contribution in [3.63, 3.8) is 0 Å². The molecule has 1 N–H and O–H groups in total. The second kappa shape index (κ2) is 3.94. The average molecular weight is 143 g/mol. The van der Waals surface area contributed by atoms with Gasteiger partial charge in [-0.1, -0.05) is 6.92 Å². The van der Waals surface area contributed by atoms with Gasteiger partial charge in [0.25, 0.3) is 0 Å². The van der Waals surface area contributed by atoms with Crippen LogP contribution in [0, 0.1) is 0 Å². The molecule has 0 bridgehead atoms. The van der Waals surface area contributed by atoms with Gasteiger partial charge < -0.3 is 4.74 Å². The Labute approximate surface area is 63.0 Å². The smallest absolute Gasteiger partial charge is 0.107 e. The molecule has 60 valence electrons. The molecular formula is C8H17NO. The molecular weight excluding hydrogens is 126 g/mol. The van der Waals surface area contributed by atoms with Crippen LogP contribution in [0.2, 0.25) is 0 Å². The van der Waals surface area contributed by atoms with Gasteiger partial charge in [-0.15, -0.1) is 0 Å². The van der Waals surface area contributed by atoms with E-state index in [1.54, 1.807) is 7.11 Å². The minimum absolute atomic E-state index is 0.318. The van der Waals surface area contributed by atoms with Crippen LogP contribution < -0.4 is 5.32 Å². The molecule has 0 aliphatic carbocycles. The summed E-state index contributed by atoms with van der Waals surface area (Å²) in [7, 11) is 1.77. The van der Waals surface area contributed by atoms with E-state index in [4.69, 9.17) is 4.74 Å². The zero-order chi connectivity index (χ0) is 7.40. The summed E-state index contributed by atoms with van der Waals surface area (Å²) in [4.78, 5) is 0. The predicted molar refractivity (Wildman–Crippen MR) is 41.9 cm³/mol. The van der Waals surface area contributed by atoms with Crippen LogP contribution in [-0.4, -0.2) is 19.4 Å². The fraction of sp³-hybridized carbons (Fsp3) is 1.00. The third kappa shape index (κ3) is 1.96. The monoisotopic (exact) mass is 143 g/mol. The van der Waals surface area contributed by atoms with Gasteiger partial charge in [0.1, 0.15) is 6.23 Å². The normalized spacial score (nSPS) is 34.2. The van der Waals surface area contributed by atoms with E-state index in [2.05, 4.69) is 12.2 Å². The molecule has 1 saturated heterocycles. The fourth-order valence-electron chi connectivity index (χ4n) is 1.49. The first-order valence-electron chi connectivity index (χ1n) is 4.15. The Kier molecular flexibility index (Phi) is 3.16. The summed E-state index contributed by atoms with van der Waals surface area (Å²) in [5, 5.41) is 3.43. The highest BCUT2D eigenvalue weighted by Crippen LogP contribution is 2.14. The van der Waals surface area contributed by atoms with Gasteiger partial charge >= 0.3 is 0 Å². The first-order chi connectivity index (χ1) is 4.86. The molecule has 0 aromatic heterocycles. The number of hydrogen-bond donors (Lipinski definition) is 1. The van der Waals surface area contributed by atoms with Crippen LogP contribution in [0.4, 0.5) is 0 Å². The molecule has 2 nitrogen and oxygen atoms in total. The van der Waals surface area contributed by atoms with Crippen LogP contribution in [0.15, 0.2) is 0 Å². The zero-order valence-electron chi connectivity index (χ0n) is 6.89. The molecule has 0 saturated carbocycles. The SMILES string of the molecule is CCC1CCCC(OC)N1. The summed E-state index contributed by atoms with van der Waals surface area (Å²) in [6, 6.07) is 0.693. The first kappa shape index (κ1) is 8.02. The standard InChI is InChI=1S/C8H17NO/c1-3-7-5-4-6-8(9-7)10-2/h7-9H,3-6H2,1-2H3. The molecule has 2 heteroatoms. The predicted octanol–water partition coefficient (Wildman–Crippen LogP) is 1.51. The molecule has 2 unspecified atom stereocenters. The lowest BCUT2D eigenvalue weighted by molar-refractivity contribution is 0.0357. The van der Waals surface area contributed by atoms with E-state index < -0.39 is 0 Å². The molecule has 0 aromatic carbocycles. The summed E-state index contributed by atoms with van der Waals surface area (Å²) in [5.74, 6) is 0. The molecule has 1 aliphatic rings. The van der Waals surface area contributed by atoms with Crippen LogP contribution >= 0.6 is 0 Å². The highest BCUT2D eigenvalue weighted by molar-refractivity contribution is 4.73. The van der Waals surface area contributed by atoms with Crippen LogP contribution in [0.5, 0.6) is 0 Å². The number of ether oxygens (including phenoxy) is 1. The van der Waals surface area contributed by atoms with E-state index >= 15 is 0 Å². The van der Waals surface area contributed by atoms with Crippen molar-refractivity contribution in [2.24, 2.45) is 0 Å². The Morgan fingerprint density at radius 3 is 2.90 bits per heavy atom. The first-order valence-corrected chi connectivity index (χ1v) is 4.15. The quantitative estimate of drug-likeness (QED) is 0.632. The lowest BCUT2D eigenvalue weighted by atomic mass is 10.0. The number of hydrogen-bond acceptors (Lipinski definition) is 2. The minimum Gasteiger partial charge on any atom is -0.367 e. The summed E-state index contributed by atoms with van der Waals surface area (Å²) in [6.45, 7) is 2.22. The van der Waals surface area contributed by atoms with Crippen molar-refractivity contribution in [2.75, 3.05) is 7.11 Å². The third-order valence-corrected chi connectivity index (χ3v) is 2.22. The molecule has 0 amide bonds. The van der Waals surface area contributed by atoms with E-state index in [1.807, 2.05) is 0 Å². The van der Waals surface area contributed by atoms with E-state index in [0.29, 0.717) is 12.3 Å². The molecule has 2 atom stereocenters. The van der Waals surface area contributed by atoms with Gasteiger partial charge in [-0.3, -0.25) is 5.32 Å².